The number of halogens is 1. The number of carbonyl (C=O) groups is 1. The minimum Gasteiger partial charge on any atom is -0.382 e. The van der Waals surface area contributed by atoms with E-state index in [0.717, 1.165) is 11.3 Å². The molecule has 0 saturated carbocycles. The van der Waals surface area contributed by atoms with Crippen LogP contribution in [-0.2, 0) is 14.8 Å². The van der Waals surface area contributed by atoms with Gasteiger partial charge in [-0.15, -0.1) is 0 Å². The molecule has 9 heteroatoms. The molecule has 1 amide bonds. The zero-order valence-corrected chi connectivity index (χ0v) is 22.3. The van der Waals surface area contributed by atoms with Crippen molar-refractivity contribution in [3.8, 4) is 0 Å². The molecule has 0 bridgehead atoms. The normalized spacial score (nSPS) is 19.2. The Morgan fingerprint density at radius 1 is 1.18 bits per heavy atom. The van der Waals surface area contributed by atoms with E-state index in [1.807, 2.05) is 25.1 Å². The number of ether oxygens (including phenoxy) is 1. The van der Waals surface area contributed by atoms with Crippen LogP contribution in [0, 0.1) is 11.8 Å². The molecule has 0 aromatic heterocycles. The average molecular weight is 525 g/mol. The largest absolute Gasteiger partial charge is 0.382 e. The molecule has 1 heterocycles. The van der Waals surface area contributed by atoms with Gasteiger partial charge in [0.1, 0.15) is 0 Å². The van der Waals surface area contributed by atoms with Crippen molar-refractivity contribution >= 4 is 39.3 Å². The number of nitrogens with one attached hydrogen (secondary N) is 1. The smallest absolute Gasteiger partial charge is 0.252 e. The number of carbonyl (C=O) groups excluding carboxylic acids is 1. The molecule has 2 atom stereocenters. The van der Waals surface area contributed by atoms with E-state index in [2.05, 4.69) is 19.2 Å². The van der Waals surface area contributed by atoms with Crippen molar-refractivity contribution in [3.05, 3.63) is 53.1 Å². The van der Waals surface area contributed by atoms with Crippen LogP contribution < -0.4 is 5.32 Å². The van der Waals surface area contributed by atoms with Crippen LogP contribution in [0.2, 0.25) is 5.02 Å². The predicted molar refractivity (Wildman–Crippen MR) is 137 cm³/mol. The summed E-state index contributed by atoms with van der Waals surface area (Å²) in [6.45, 7) is 8.68. The second-order valence-corrected chi connectivity index (χ2v) is 12.3. The van der Waals surface area contributed by atoms with Gasteiger partial charge in [0.15, 0.2) is 0 Å². The third-order valence-electron chi connectivity index (χ3n) is 5.65. The van der Waals surface area contributed by atoms with Crippen LogP contribution in [0.3, 0.4) is 0 Å². The summed E-state index contributed by atoms with van der Waals surface area (Å²) in [5.41, 5.74) is 0.334. The molecule has 6 nitrogen and oxygen atoms in total. The monoisotopic (exact) mass is 524 g/mol. The van der Waals surface area contributed by atoms with E-state index in [4.69, 9.17) is 16.3 Å². The topological polar surface area (TPSA) is 75.7 Å². The van der Waals surface area contributed by atoms with Crippen molar-refractivity contribution in [3.63, 3.8) is 0 Å². The lowest BCUT2D eigenvalue weighted by Crippen LogP contribution is -2.42. The summed E-state index contributed by atoms with van der Waals surface area (Å²) in [4.78, 5) is 14.8. The lowest BCUT2D eigenvalue weighted by Gasteiger charge is -2.34. The fourth-order valence-electron chi connectivity index (χ4n) is 4.16. The second kappa shape index (κ2) is 12.4. The molecule has 2 aromatic carbocycles. The van der Waals surface area contributed by atoms with E-state index in [1.165, 1.54) is 17.8 Å². The van der Waals surface area contributed by atoms with Crippen LogP contribution in [0.4, 0.5) is 0 Å². The highest BCUT2D eigenvalue weighted by atomic mass is 35.5. The van der Waals surface area contributed by atoms with E-state index < -0.39 is 10.0 Å². The van der Waals surface area contributed by atoms with Gasteiger partial charge >= 0.3 is 0 Å². The minimum absolute atomic E-state index is 0.142. The highest BCUT2D eigenvalue weighted by molar-refractivity contribution is 7.99. The first-order valence-electron chi connectivity index (χ1n) is 11.6. The summed E-state index contributed by atoms with van der Waals surface area (Å²) >= 11 is 7.51. The van der Waals surface area contributed by atoms with Crippen LogP contribution in [0.15, 0.2) is 57.2 Å². The second-order valence-electron chi connectivity index (χ2n) is 8.79. The summed E-state index contributed by atoms with van der Waals surface area (Å²) in [5, 5.41) is 3.50. The number of rotatable bonds is 10. The SMILES string of the molecule is CCOCCCNC(=O)c1cc(S(=O)(=O)N2C[C@H](C)C[C@@H](C)C2)ccc1Sc1cccc(Cl)c1. The fraction of sp³-hybridized carbons (Fsp3) is 0.480. The molecular weight excluding hydrogens is 492 g/mol. The number of piperidine rings is 1. The highest BCUT2D eigenvalue weighted by Gasteiger charge is 2.32. The molecule has 0 spiro atoms. The van der Waals surface area contributed by atoms with Crippen LogP contribution in [-0.4, -0.2) is 51.5 Å². The molecule has 1 N–H and O–H groups in total. The van der Waals surface area contributed by atoms with Gasteiger partial charge in [-0.25, -0.2) is 8.42 Å². The molecule has 0 radical (unpaired) electrons. The van der Waals surface area contributed by atoms with Gasteiger partial charge in [0.25, 0.3) is 5.91 Å². The van der Waals surface area contributed by atoms with Crippen molar-refractivity contribution in [2.24, 2.45) is 11.8 Å². The van der Waals surface area contributed by atoms with Gasteiger partial charge in [-0.3, -0.25) is 4.79 Å². The molecule has 1 aliphatic heterocycles. The summed E-state index contributed by atoms with van der Waals surface area (Å²) < 4.78 is 33.8. The van der Waals surface area contributed by atoms with Crippen LogP contribution in [0.25, 0.3) is 0 Å². The van der Waals surface area contributed by atoms with Gasteiger partial charge in [0.2, 0.25) is 10.0 Å². The number of sulfonamides is 1. The summed E-state index contributed by atoms with van der Waals surface area (Å²) in [6.07, 6.45) is 1.69. The number of amides is 1. The maximum absolute atomic E-state index is 13.5. The molecule has 3 rings (SSSR count). The molecule has 0 aliphatic carbocycles. The highest BCUT2D eigenvalue weighted by Crippen LogP contribution is 2.34. The third-order valence-corrected chi connectivity index (χ3v) is 8.78. The van der Waals surface area contributed by atoms with Gasteiger partial charge in [-0.2, -0.15) is 4.31 Å². The standard InChI is InChI=1S/C25H33ClN2O4S2/c1-4-32-12-6-11-27-25(29)23-15-22(34(30,31)28-16-18(2)13-19(3)17-28)9-10-24(23)33-21-8-5-7-20(26)14-21/h5,7-10,14-15,18-19H,4,6,11-13,16-17H2,1-3H3,(H,27,29)/t18-,19-/m1/s1. The molecule has 2 aromatic rings. The number of benzene rings is 2. The zero-order valence-electron chi connectivity index (χ0n) is 19.9. The third kappa shape index (κ3) is 7.21. The zero-order chi connectivity index (χ0) is 24.7. The maximum atomic E-state index is 13.5. The molecule has 1 fully saturated rings. The minimum atomic E-state index is -3.71. The lowest BCUT2D eigenvalue weighted by molar-refractivity contribution is 0.0941. The molecule has 1 aliphatic rings. The molecule has 186 valence electrons. The molecular formula is C25H33ClN2O4S2. The van der Waals surface area contributed by atoms with Crippen molar-refractivity contribution in [2.45, 2.75) is 48.3 Å². The Balaban J connectivity index is 1.90. The Morgan fingerprint density at radius 3 is 2.59 bits per heavy atom. The Kier molecular flexibility index (Phi) is 9.85. The van der Waals surface area contributed by atoms with Crippen molar-refractivity contribution in [2.75, 3.05) is 32.8 Å². The van der Waals surface area contributed by atoms with Gasteiger partial charge in [-0.05, 0) is 68.0 Å². The molecule has 1 saturated heterocycles. The van der Waals surface area contributed by atoms with Crippen LogP contribution in [0.5, 0.6) is 0 Å². The lowest BCUT2D eigenvalue weighted by atomic mass is 9.94. The van der Waals surface area contributed by atoms with Crippen molar-refractivity contribution < 1.29 is 17.9 Å². The summed E-state index contributed by atoms with van der Waals surface area (Å²) in [7, 11) is -3.71. The Bertz CT molecular complexity index is 1080. The first-order valence-corrected chi connectivity index (χ1v) is 14.3. The molecule has 0 unspecified atom stereocenters. The first kappa shape index (κ1) is 27.0. The van der Waals surface area contributed by atoms with Crippen LogP contribution in [0.1, 0.15) is 44.0 Å². The van der Waals surface area contributed by atoms with Crippen LogP contribution >= 0.6 is 23.4 Å². The molecule has 34 heavy (non-hydrogen) atoms. The van der Waals surface area contributed by atoms with Gasteiger partial charge in [-0.1, -0.05) is 43.3 Å². The number of hydrogen-bond donors (Lipinski definition) is 1. The first-order chi connectivity index (χ1) is 16.2. The summed E-state index contributed by atoms with van der Waals surface area (Å²) in [5.74, 6) is 0.284. The van der Waals surface area contributed by atoms with E-state index in [0.29, 0.717) is 66.6 Å². The average Bonchev–Trinajstić information content (AvgIpc) is 2.78. The van der Waals surface area contributed by atoms with E-state index >= 15 is 0 Å². The van der Waals surface area contributed by atoms with E-state index in [-0.39, 0.29) is 10.8 Å². The van der Waals surface area contributed by atoms with Gasteiger partial charge < -0.3 is 10.1 Å². The van der Waals surface area contributed by atoms with E-state index in [1.54, 1.807) is 22.5 Å². The Hall–Kier alpha value is -1.58. The quantitative estimate of drug-likeness (QED) is 0.426. The Morgan fingerprint density at radius 2 is 1.91 bits per heavy atom. The van der Waals surface area contributed by atoms with Gasteiger partial charge in [0.05, 0.1) is 10.5 Å². The van der Waals surface area contributed by atoms with Gasteiger partial charge in [0, 0.05) is 47.7 Å². The Labute approximate surface area is 212 Å². The summed E-state index contributed by atoms with van der Waals surface area (Å²) in [6, 6.07) is 12.2. The van der Waals surface area contributed by atoms with Crippen molar-refractivity contribution in [1.82, 2.24) is 9.62 Å². The van der Waals surface area contributed by atoms with E-state index in [9.17, 15) is 13.2 Å². The number of hydrogen-bond acceptors (Lipinski definition) is 5. The number of nitrogens with zero attached hydrogens (tertiary/aromatic N) is 1. The fourth-order valence-corrected chi connectivity index (χ4v) is 7.11. The predicted octanol–water partition coefficient (Wildman–Crippen LogP) is 5.31. The van der Waals surface area contributed by atoms with Crippen molar-refractivity contribution in [1.29, 1.82) is 0 Å². The maximum Gasteiger partial charge on any atom is 0.252 e.